The molecule has 4 heterocycles. The van der Waals surface area contributed by atoms with E-state index in [1.54, 1.807) is 11.2 Å². The van der Waals surface area contributed by atoms with Crippen LogP contribution in [0.1, 0.15) is 73.9 Å². The molecule has 3 aromatic heterocycles. The summed E-state index contributed by atoms with van der Waals surface area (Å²) in [5.74, 6) is 1.83. The fraction of sp³-hybridized carbons (Fsp3) is 0.481. The Morgan fingerprint density at radius 1 is 1.06 bits per heavy atom. The van der Waals surface area contributed by atoms with Crippen LogP contribution in [0.3, 0.4) is 0 Å². The van der Waals surface area contributed by atoms with E-state index in [-0.39, 0.29) is 24.4 Å². The van der Waals surface area contributed by atoms with Crippen LogP contribution in [0.5, 0.6) is 0 Å². The minimum absolute atomic E-state index is 0.112. The van der Waals surface area contributed by atoms with E-state index in [4.69, 9.17) is 8.83 Å². The van der Waals surface area contributed by atoms with Gasteiger partial charge in [0.05, 0.1) is 25.0 Å². The number of hydrogen-bond acceptors (Lipinski definition) is 4. The van der Waals surface area contributed by atoms with Gasteiger partial charge in [0.1, 0.15) is 28.5 Å². The van der Waals surface area contributed by atoms with Crippen molar-refractivity contribution in [2.24, 2.45) is 0 Å². The highest BCUT2D eigenvalue weighted by Crippen LogP contribution is 2.35. The molecule has 1 saturated carbocycles. The smallest absolute Gasteiger partial charge is 0.271 e. The molecular weight excluding hydrogens is 430 g/mol. The number of nitrogens with zero attached hydrogens (tertiary/aromatic N) is 2. The third-order valence-electron chi connectivity index (χ3n) is 7.32. The van der Waals surface area contributed by atoms with Gasteiger partial charge in [-0.2, -0.15) is 0 Å². The second-order valence-electron chi connectivity index (χ2n) is 9.86. The molecule has 0 aromatic carbocycles. The number of carbonyl (C=O) groups is 2. The third-order valence-corrected chi connectivity index (χ3v) is 7.32. The Labute approximate surface area is 200 Å². The van der Waals surface area contributed by atoms with E-state index in [0.29, 0.717) is 23.8 Å². The van der Waals surface area contributed by atoms with Gasteiger partial charge in [-0.05, 0) is 63.1 Å². The van der Waals surface area contributed by atoms with Gasteiger partial charge in [0.2, 0.25) is 5.91 Å². The van der Waals surface area contributed by atoms with Crippen LogP contribution >= 0.6 is 0 Å². The first-order chi connectivity index (χ1) is 16.5. The quantitative estimate of drug-likeness (QED) is 0.557. The Hall–Kier alpha value is -3.22. The van der Waals surface area contributed by atoms with Gasteiger partial charge >= 0.3 is 0 Å². The van der Waals surface area contributed by atoms with Gasteiger partial charge in [-0.15, -0.1) is 0 Å². The summed E-state index contributed by atoms with van der Waals surface area (Å²) in [6.45, 7) is 4.33. The third kappa shape index (κ3) is 4.19. The number of rotatable bonds is 5. The Morgan fingerprint density at radius 3 is 2.47 bits per heavy atom. The van der Waals surface area contributed by atoms with Crippen LogP contribution in [0.25, 0.3) is 11.5 Å². The second kappa shape index (κ2) is 9.20. The van der Waals surface area contributed by atoms with Crippen molar-refractivity contribution in [2.75, 3.05) is 0 Å². The molecule has 180 valence electrons. The van der Waals surface area contributed by atoms with Crippen molar-refractivity contribution >= 4 is 11.8 Å². The van der Waals surface area contributed by atoms with Gasteiger partial charge < -0.3 is 23.6 Å². The lowest BCUT2D eigenvalue weighted by Gasteiger charge is -2.44. The van der Waals surface area contributed by atoms with Crippen molar-refractivity contribution in [1.29, 1.82) is 0 Å². The number of carbonyl (C=O) groups excluding carboxylic acids is 2. The van der Waals surface area contributed by atoms with Crippen molar-refractivity contribution in [1.82, 2.24) is 14.8 Å². The average molecular weight is 464 g/mol. The number of aryl methyl sites for hydroxylation is 1. The zero-order chi connectivity index (χ0) is 23.7. The van der Waals surface area contributed by atoms with E-state index in [0.717, 1.165) is 37.1 Å². The van der Waals surface area contributed by atoms with Crippen LogP contribution in [-0.2, 0) is 17.9 Å². The number of aromatic nitrogens is 1. The van der Waals surface area contributed by atoms with Gasteiger partial charge in [-0.25, -0.2) is 0 Å². The lowest BCUT2D eigenvalue weighted by Crippen LogP contribution is -2.64. The molecule has 0 radical (unpaired) electrons. The Morgan fingerprint density at radius 2 is 1.79 bits per heavy atom. The van der Waals surface area contributed by atoms with Crippen LogP contribution in [0, 0.1) is 6.92 Å². The molecule has 2 amide bonds. The van der Waals surface area contributed by atoms with Crippen LogP contribution in [-0.4, -0.2) is 32.9 Å². The zero-order valence-electron chi connectivity index (χ0n) is 20.0. The van der Waals surface area contributed by atoms with Crippen LogP contribution in [0.2, 0.25) is 0 Å². The Balaban J connectivity index is 1.49. The molecule has 7 heteroatoms. The van der Waals surface area contributed by atoms with Crippen LogP contribution in [0.15, 0.2) is 51.5 Å². The first-order valence-electron chi connectivity index (χ1n) is 12.4. The zero-order valence-corrected chi connectivity index (χ0v) is 20.0. The van der Waals surface area contributed by atoms with Crippen molar-refractivity contribution < 1.29 is 18.4 Å². The van der Waals surface area contributed by atoms with E-state index in [2.05, 4.69) is 5.32 Å². The molecule has 5 rings (SSSR count). The van der Waals surface area contributed by atoms with Crippen molar-refractivity contribution in [3.05, 3.63) is 59.9 Å². The highest BCUT2D eigenvalue weighted by molar-refractivity contribution is 6.00. The van der Waals surface area contributed by atoms with Crippen LogP contribution in [0.4, 0.5) is 0 Å². The second-order valence-corrected chi connectivity index (χ2v) is 9.86. The van der Waals surface area contributed by atoms with Crippen molar-refractivity contribution in [3.8, 4) is 11.5 Å². The number of furan rings is 2. The normalized spacial score (nSPS) is 21.7. The summed E-state index contributed by atoms with van der Waals surface area (Å²) in [7, 11) is 0. The minimum atomic E-state index is -1.08. The SMILES string of the molecule is Cc1ccc(CN2C(=O)c3ccc(-c4ccco4)n3CC2(C)C(=O)NC2CCCCCCC2)o1. The minimum Gasteiger partial charge on any atom is -0.464 e. The highest BCUT2D eigenvalue weighted by atomic mass is 16.3. The fourth-order valence-corrected chi connectivity index (χ4v) is 5.33. The molecule has 2 aliphatic rings. The fourth-order valence-electron chi connectivity index (χ4n) is 5.33. The highest BCUT2D eigenvalue weighted by Gasteiger charge is 2.48. The van der Waals surface area contributed by atoms with Gasteiger partial charge in [-0.3, -0.25) is 9.59 Å². The monoisotopic (exact) mass is 463 g/mol. The number of fused-ring (bicyclic) bond motifs is 1. The molecule has 7 nitrogen and oxygen atoms in total. The summed E-state index contributed by atoms with van der Waals surface area (Å²) in [6.07, 6.45) is 9.54. The molecule has 0 saturated heterocycles. The van der Waals surface area contributed by atoms with E-state index >= 15 is 0 Å². The van der Waals surface area contributed by atoms with Crippen molar-refractivity contribution in [2.45, 2.75) is 83.5 Å². The van der Waals surface area contributed by atoms with Gasteiger partial charge in [0.25, 0.3) is 5.91 Å². The predicted molar refractivity (Wildman–Crippen MR) is 128 cm³/mol. The number of hydrogen-bond donors (Lipinski definition) is 1. The summed E-state index contributed by atoms with van der Waals surface area (Å²) >= 11 is 0. The summed E-state index contributed by atoms with van der Waals surface area (Å²) < 4.78 is 13.3. The molecular formula is C27H33N3O4. The van der Waals surface area contributed by atoms with Gasteiger partial charge in [-0.1, -0.05) is 32.1 Å². The number of amides is 2. The van der Waals surface area contributed by atoms with Gasteiger partial charge in [0, 0.05) is 6.04 Å². The standard InChI is InChI=1S/C27H33N3O4/c1-19-12-13-21(34-19)17-30-25(31)23-15-14-22(24-11-8-16-33-24)29(23)18-27(30,2)26(32)28-20-9-6-4-3-5-7-10-20/h8,11-16,20H,3-7,9-10,17-18H2,1-2H3,(H,28,32). The molecule has 1 fully saturated rings. The first-order valence-corrected chi connectivity index (χ1v) is 12.4. The van der Waals surface area contributed by atoms with Gasteiger partial charge in [0.15, 0.2) is 0 Å². The maximum atomic E-state index is 13.9. The predicted octanol–water partition coefficient (Wildman–Crippen LogP) is 5.29. The molecule has 1 unspecified atom stereocenters. The summed E-state index contributed by atoms with van der Waals surface area (Å²) in [4.78, 5) is 29.3. The lowest BCUT2D eigenvalue weighted by molar-refractivity contribution is -0.134. The lowest BCUT2D eigenvalue weighted by atomic mass is 9.92. The molecule has 34 heavy (non-hydrogen) atoms. The summed E-state index contributed by atoms with van der Waals surface area (Å²) in [5.41, 5.74) is 0.269. The largest absolute Gasteiger partial charge is 0.464 e. The Bertz CT molecular complexity index is 1150. The maximum absolute atomic E-state index is 13.9. The molecule has 0 bridgehead atoms. The molecule has 1 aliphatic heterocycles. The van der Waals surface area contributed by atoms with E-state index in [9.17, 15) is 9.59 Å². The topological polar surface area (TPSA) is 80.6 Å². The molecule has 1 N–H and O–H groups in total. The maximum Gasteiger partial charge on any atom is 0.271 e. The molecule has 3 aromatic rings. The van der Waals surface area contributed by atoms with Crippen LogP contribution < -0.4 is 5.32 Å². The molecule has 1 aliphatic carbocycles. The summed E-state index contributed by atoms with van der Waals surface area (Å²) in [6, 6.07) is 11.3. The molecule has 1 atom stereocenters. The average Bonchev–Trinajstić information content (AvgIpc) is 3.54. The van der Waals surface area contributed by atoms with Crippen molar-refractivity contribution in [3.63, 3.8) is 0 Å². The van der Waals surface area contributed by atoms with E-state index in [1.165, 1.54) is 19.3 Å². The van der Waals surface area contributed by atoms with E-state index < -0.39 is 5.54 Å². The molecule has 0 spiro atoms. The van der Waals surface area contributed by atoms with E-state index in [1.807, 2.05) is 54.8 Å². The first kappa shape index (κ1) is 22.6. The Kier molecular flexibility index (Phi) is 6.11. The summed E-state index contributed by atoms with van der Waals surface area (Å²) in [5, 5.41) is 3.32. The number of nitrogens with one attached hydrogen (secondary N) is 1.